The van der Waals surface area contributed by atoms with Gasteiger partial charge in [-0.25, -0.2) is 0 Å². The van der Waals surface area contributed by atoms with Crippen LogP contribution < -0.4 is 10.6 Å². The molecule has 0 aliphatic heterocycles. The van der Waals surface area contributed by atoms with E-state index < -0.39 is 11.0 Å². The number of carbonyl (C=O) groups is 2. The molecule has 12 heteroatoms. The number of anilines is 1. The lowest BCUT2D eigenvalue weighted by Crippen LogP contribution is -2.29. The highest BCUT2D eigenvalue weighted by atomic mass is 35.5. The Morgan fingerprint density at radius 2 is 1.94 bits per heavy atom. The van der Waals surface area contributed by atoms with E-state index in [1.54, 1.807) is 41.8 Å². The van der Waals surface area contributed by atoms with Crippen molar-refractivity contribution < 1.29 is 14.5 Å². The molecule has 0 fully saturated rings. The summed E-state index contributed by atoms with van der Waals surface area (Å²) in [4.78, 5) is 35.2. The van der Waals surface area contributed by atoms with Crippen molar-refractivity contribution in [2.75, 3.05) is 11.1 Å². The molecule has 0 aliphatic carbocycles. The SMILES string of the molecule is C=CCn1c(SCC(=O)Nc2ccc([N+](=O)[O-])cc2)nnc1[C@H](C)NC(=O)c1ccccc1Cl. The molecule has 0 bridgehead atoms. The van der Waals surface area contributed by atoms with E-state index >= 15 is 0 Å². The van der Waals surface area contributed by atoms with Gasteiger partial charge in [0.05, 0.1) is 27.3 Å². The zero-order chi connectivity index (χ0) is 24.7. The Hall–Kier alpha value is -3.70. The summed E-state index contributed by atoms with van der Waals surface area (Å²) < 4.78 is 1.76. The molecule has 1 atom stereocenters. The van der Waals surface area contributed by atoms with E-state index in [2.05, 4.69) is 27.4 Å². The molecule has 176 valence electrons. The Morgan fingerprint density at radius 3 is 2.59 bits per heavy atom. The van der Waals surface area contributed by atoms with Gasteiger partial charge in [-0.15, -0.1) is 16.8 Å². The topological polar surface area (TPSA) is 132 Å². The van der Waals surface area contributed by atoms with Gasteiger partial charge in [-0.1, -0.05) is 41.6 Å². The molecule has 0 unspecified atom stereocenters. The predicted molar refractivity (Wildman–Crippen MR) is 130 cm³/mol. The maximum atomic E-state index is 12.6. The third-order valence-corrected chi connectivity index (χ3v) is 5.90. The molecule has 2 N–H and O–H groups in total. The number of hydrogen-bond donors (Lipinski definition) is 2. The van der Waals surface area contributed by atoms with Crippen LogP contribution in [-0.4, -0.2) is 37.3 Å². The number of thioether (sulfide) groups is 1. The van der Waals surface area contributed by atoms with Gasteiger partial charge >= 0.3 is 0 Å². The van der Waals surface area contributed by atoms with E-state index in [4.69, 9.17) is 11.6 Å². The standard InChI is InChI=1S/C22H21ClN6O4S/c1-3-12-28-20(14(2)24-21(31)17-6-4-5-7-18(17)23)26-27-22(28)34-13-19(30)25-15-8-10-16(11-9-15)29(32)33/h3-11,14H,1,12-13H2,2H3,(H,24,31)(H,25,30)/t14-/m0/s1. The molecular weight excluding hydrogens is 480 g/mol. The average Bonchev–Trinajstić information content (AvgIpc) is 3.21. The van der Waals surface area contributed by atoms with E-state index in [-0.39, 0.29) is 23.3 Å². The number of nitrogens with zero attached hydrogens (tertiary/aromatic N) is 4. The van der Waals surface area contributed by atoms with Crippen LogP contribution in [0.15, 0.2) is 66.3 Å². The van der Waals surface area contributed by atoms with Crippen LogP contribution in [0.25, 0.3) is 0 Å². The first kappa shape index (κ1) is 24.9. The molecule has 0 radical (unpaired) electrons. The van der Waals surface area contributed by atoms with Gasteiger partial charge in [0, 0.05) is 24.4 Å². The zero-order valence-electron chi connectivity index (χ0n) is 18.1. The van der Waals surface area contributed by atoms with Crippen molar-refractivity contribution in [2.45, 2.75) is 24.7 Å². The van der Waals surface area contributed by atoms with Crippen molar-refractivity contribution in [3.8, 4) is 0 Å². The van der Waals surface area contributed by atoms with Crippen molar-refractivity contribution in [3.63, 3.8) is 0 Å². The second-order valence-corrected chi connectivity index (χ2v) is 8.41. The van der Waals surface area contributed by atoms with Crippen LogP contribution in [0.1, 0.15) is 29.1 Å². The molecule has 34 heavy (non-hydrogen) atoms. The molecule has 3 aromatic rings. The predicted octanol–water partition coefficient (Wildman–Crippen LogP) is 4.25. The molecule has 0 aliphatic rings. The largest absolute Gasteiger partial charge is 0.342 e. The number of aromatic nitrogens is 3. The van der Waals surface area contributed by atoms with Gasteiger partial charge in [0.25, 0.3) is 11.6 Å². The van der Waals surface area contributed by atoms with Crippen molar-refractivity contribution >= 4 is 46.6 Å². The fourth-order valence-corrected chi connectivity index (χ4v) is 3.98. The quantitative estimate of drug-likeness (QED) is 0.184. The number of nitro groups is 1. The molecule has 0 spiro atoms. The summed E-state index contributed by atoms with van der Waals surface area (Å²) in [6.45, 7) is 5.90. The van der Waals surface area contributed by atoms with Gasteiger partial charge in [-0.3, -0.25) is 19.7 Å². The van der Waals surface area contributed by atoms with Gasteiger partial charge in [-0.2, -0.15) is 0 Å². The molecule has 0 saturated heterocycles. The minimum Gasteiger partial charge on any atom is -0.342 e. The number of non-ortho nitro benzene ring substituents is 1. The van der Waals surface area contributed by atoms with Crippen molar-refractivity contribution in [1.29, 1.82) is 0 Å². The number of benzene rings is 2. The monoisotopic (exact) mass is 500 g/mol. The Morgan fingerprint density at radius 1 is 1.24 bits per heavy atom. The zero-order valence-corrected chi connectivity index (χ0v) is 19.7. The second-order valence-electron chi connectivity index (χ2n) is 7.06. The summed E-state index contributed by atoms with van der Waals surface area (Å²) in [7, 11) is 0. The second kappa shape index (κ2) is 11.4. The van der Waals surface area contributed by atoms with Gasteiger partial charge in [0.2, 0.25) is 5.91 Å². The highest BCUT2D eigenvalue weighted by Gasteiger charge is 2.21. The number of allylic oxidation sites excluding steroid dienone is 1. The third kappa shape index (κ3) is 6.21. The van der Waals surface area contributed by atoms with Crippen molar-refractivity contribution in [2.24, 2.45) is 0 Å². The number of halogens is 1. The van der Waals surface area contributed by atoms with Crippen LogP contribution in [0.3, 0.4) is 0 Å². The Bertz CT molecular complexity index is 1210. The lowest BCUT2D eigenvalue weighted by Gasteiger charge is -2.15. The van der Waals surface area contributed by atoms with E-state index in [0.29, 0.717) is 33.8 Å². The van der Waals surface area contributed by atoms with Crippen LogP contribution in [0.4, 0.5) is 11.4 Å². The van der Waals surface area contributed by atoms with Crippen LogP contribution >= 0.6 is 23.4 Å². The molecule has 0 saturated carbocycles. The fourth-order valence-electron chi connectivity index (χ4n) is 3.01. The highest BCUT2D eigenvalue weighted by molar-refractivity contribution is 7.99. The number of nitro benzene ring substituents is 1. The van der Waals surface area contributed by atoms with Crippen LogP contribution in [0.5, 0.6) is 0 Å². The third-order valence-electron chi connectivity index (χ3n) is 4.60. The number of nitrogens with one attached hydrogen (secondary N) is 2. The lowest BCUT2D eigenvalue weighted by molar-refractivity contribution is -0.384. The average molecular weight is 501 g/mol. The van der Waals surface area contributed by atoms with Gasteiger partial charge in [0.1, 0.15) is 0 Å². The van der Waals surface area contributed by atoms with Gasteiger partial charge < -0.3 is 15.2 Å². The summed E-state index contributed by atoms with van der Waals surface area (Å²) in [5.41, 5.74) is 0.733. The molecule has 2 aromatic carbocycles. The Balaban J connectivity index is 1.65. The van der Waals surface area contributed by atoms with E-state index in [1.807, 2.05) is 0 Å². The summed E-state index contributed by atoms with van der Waals surface area (Å²) >= 11 is 7.27. The molecule has 10 nitrogen and oxygen atoms in total. The van der Waals surface area contributed by atoms with Crippen LogP contribution in [-0.2, 0) is 11.3 Å². The van der Waals surface area contributed by atoms with Crippen molar-refractivity contribution in [1.82, 2.24) is 20.1 Å². The lowest BCUT2D eigenvalue weighted by atomic mass is 10.2. The van der Waals surface area contributed by atoms with Crippen molar-refractivity contribution in [3.05, 3.63) is 87.7 Å². The first-order chi connectivity index (χ1) is 16.3. The van der Waals surface area contributed by atoms with E-state index in [9.17, 15) is 19.7 Å². The number of hydrogen-bond acceptors (Lipinski definition) is 7. The van der Waals surface area contributed by atoms with Crippen LogP contribution in [0.2, 0.25) is 5.02 Å². The first-order valence-corrected chi connectivity index (χ1v) is 11.4. The number of carbonyl (C=O) groups excluding carboxylic acids is 2. The molecule has 3 rings (SSSR count). The van der Waals surface area contributed by atoms with Crippen LogP contribution in [0, 0.1) is 10.1 Å². The summed E-state index contributed by atoms with van der Waals surface area (Å²) in [6, 6.07) is 11.8. The summed E-state index contributed by atoms with van der Waals surface area (Å²) in [5, 5.41) is 25.5. The molecule has 1 heterocycles. The fraction of sp³-hybridized carbons (Fsp3) is 0.182. The van der Waals surface area contributed by atoms with E-state index in [1.165, 1.54) is 36.0 Å². The smallest absolute Gasteiger partial charge is 0.269 e. The number of amides is 2. The maximum absolute atomic E-state index is 12.6. The van der Waals surface area contributed by atoms with Gasteiger partial charge in [-0.05, 0) is 31.2 Å². The molecule has 2 amide bonds. The molecule has 1 aromatic heterocycles. The van der Waals surface area contributed by atoms with Gasteiger partial charge in [0.15, 0.2) is 11.0 Å². The Labute approximate surface area is 204 Å². The number of rotatable bonds is 10. The minimum absolute atomic E-state index is 0.0344. The Kier molecular flexibility index (Phi) is 8.39. The highest BCUT2D eigenvalue weighted by Crippen LogP contribution is 2.23. The van der Waals surface area contributed by atoms with E-state index in [0.717, 1.165) is 0 Å². The first-order valence-electron chi connectivity index (χ1n) is 10.1. The normalized spacial score (nSPS) is 11.5. The maximum Gasteiger partial charge on any atom is 0.269 e. The summed E-state index contributed by atoms with van der Waals surface area (Å²) in [5.74, 6) is -0.123. The molecular formula is C22H21ClN6O4S. The minimum atomic E-state index is -0.511. The summed E-state index contributed by atoms with van der Waals surface area (Å²) in [6.07, 6.45) is 1.66.